The van der Waals surface area contributed by atoms with Crippen molar-refractivity contribution in [3.05, 3.63) is 0 Å². The van der Waals surface area contributed by atoms with Crippen LogP contribution >= 0.6 is 0 Å². The van der Waals surface area contributed by atoms with Crippen LogP contribution in [0.2, 0.25) is 0 Å². The van der Waals surface area contributed by atoms with Crippen LogP contribution in [0.15, 0.2) is 0 Å². The number of nitrogens with two attached hydrogens (primary N) is 1. The van der Waals surface area contributed by atoms with Crippen LogP contribution in [0.3, 0.4) is 0 Å². The average Bonchev–Trinajstić information content (AvgIpc) is 2.18. The van der Waals surface area contributed by atoms with Gasteiger partial charge in [0.15, 0.2) is 0 Å². The fourth-order valence-electron chi connectivity index (χ4n) is 2.02. The van der Waals surface area contributed by atoms with E-state index in [1.54, 1.807) is 0 Å². The first-order chi connectivity index (χ1) is 7.15. The van der Waals surface area contributed by atoms with E-state index in [1.807, 2.05) is 13.0 Å². The molecule has 3 N–H and O–H groups in total. The van der Waals surface area contributed by atoms with Crippen molar-refractivity contribution in [1.82, 2.24) is 5.32 Å². The van der Waals surface area contributed by atoms with Crippen LogP contribution in [0.1, 0.15) is 39.0 Å². The summed E-state index contributed by atoms with van der Waals surface area (Å²) in [4.78, 5) is 11.8. The summed E-state index contributed by atoms with van der Waals surface area (Å²) in [6, 6.07) is 1.96. The van der Waals surface area contributed by atoms with E-state index >= 15 is 0 Å². The maximum absolute atomic E-state index is 11.8. The van der Waals surface area contributed by atoms with E-state index in [-0.39, 0.29) is 23.9 Å². The molecule has 0 saturated heterocycles. The summed E-state index contributed by atoms with van der Waals surface area (Å²) in [5, 5.41) is 11.3. The Hall–Kier alpha value is -1.08. The third-order valence-electron chi connectivity index (χ3n) is 2.94. The highest BCUT2D eigenvalue weighted by molar-refractivity contribution is 5.79. The number of rotatable bonds is 3. The van der Waals surface area contributed by atoms with Crippen LogP contribution in [0, 0.1) is 17.2 Å². The molecule has 0 aliphatic heterocycles. The number of nitriles is 1. The molecule has 0 heterocycles. The fourth-order valence-corrected chi connectivity index (χ4v) is 2.02. The molecule has 0 spiro atoms. The summed E-state index contributed by atoms with van der Waals surface area (Å²) in [7, 11) is 0. The van der Waals surface area contributed by atoms with Crippen LogP contribution in [-0.2, 0) is 4.79 Å². The molecule has 1 aliphatic rings. The van der Waals surface area contributed by atoms with Crippen molar-refractivity contribution >= 4 is 5.91 Å². The summed E-state index contributed by atoms with van der Waals surface area (Å²) < 4.78 is 0. The lowest BCUT2D eigenvalue weighted by molar-refractivity contribution is -0.127. The van der Waals surface area contributed by atoms with Crippen LogP contribution in [0.5, 0.6) is 0 Å². The van der Waals surface area contributed by atoms with Gasteiger partial charge in [0, 0.05) is 12.1 Å². The molecule has 1 aliphatic carbocycles. The smallest absolute Gasteiger partial charge is 0.224 e. The highest BCUT2D eigenvalue weighted by atomic mass is 16.2. The van der Waals surface area contributed by atoms with Gasteiger partial charge in [0.1, 0.15) is 0 Å². The first kappa shape index (κ1) is 12.0. The van der Waals surface area contributed by atoms with Crippen molar-refractivity contribution in [2.75, 3.05) is 0 Å². The molecule has 3 atom stereocenters. The van der Waals surface area contributed by atoms with Gasteiger partial charge in [0.25, 0.3) is 0 Å². The predicted molar refractivity (Wildman–Crippen MR) is 57.8 cm³/mol. The molecule has 3 unspecified atom stereocenters. The second-order valence-corrected chi connectivity index (χ2v) is 4.33. The first-order valence-electron chi connectivity index (χ1n) is 5.58. The van der Waals surface area contributed by atoms with Crippen LogP contribution in [0.25, 0.3) is 0 Å². The third-order valence-corrected chi connectivity index (χ3v) is 2.94. The molecule has 15 heavy (non-hydrogen) atoms. The first-order valence-corrected chi connectivity index (χ1v) is 5.58. The molecule has 0 aromatic carbocycles. The Balaban J connectivity index is 2.42. The zero-order valence-electron chi connectivity index (χ0n) is 9.20. The Labute approximate surface area is 90.8 Å². The summed E-state index contributed by atoms with van der Waals surface area (Å²) in [5.41, 5.74) is 5.90. The highest BCUT2D eigenvalue weighted by Crippen LogP contribution is 2.23. The lowest BCUT2D eigenvalue weighted by Crippen LogP contribution is -2.46. The summed E-state index contributed by atoms with van der Waals surface area (Å²) >= 11 is 0. The van der Waals surface area contributed by atoms with Gasteiger partial charge in [-0.1, -0.05) is 12.8 Å². The lowest BCUT2D eigenvalue weighted by atomic mass is 9.84. The van der Waals surface area contributed by atoms with E-state index in [2.05, 4.69) is 5.32 Å². The summed E-state index contributed by atoms with van der Waals surface area (Å²) in [5.74, 6) is -0.0372. The minimum atomic E-state index is -0.0726. The van der Waals surface area contributed by atoms with Crippen molar-refractivity contribution in [2.45, 2.75) is 51.1 Å². The monoisotopic (exact) mass is 209 g/mol. The largest absolute Gasteiger partial charge is 0.352 e. The van der Waals surface area contributed by atoms with E-state index in [0.29, 0.717) is 6.42 Å². The van der Waals surface area contributed by atoms with E-state index in [9.17, 15) is 4.79 Å². The Kier molecular flexibility index (Phi) is 4.57. The maximum Gasteiger partial charge on any atom is 0.224 e. The molecule has 0 aromatic rings. The molecule has 0 radical (unpaired) electrons. The van der Waals surface area contributed by atoms with Gasteiger partial charge in [-0.15, -0.1) is 0 Å². The third kappa shape index (κ3) is 3.52. The molecule has 1 amide bonds. The van der Waals surface area contributed by atoms with Gasteiger partial charge >= 0.3 is 0 Å². The number of nitrogens with zero attached hydrogens (tertiary/aromatic N) is 1. The van der Waals surface area contributed by atoms with E-state index in [0.717, 1.165) is 25.7 Å². The molecule has 0 aromatic heterocycles. The zero-order valence-corrected chi connectivity index (χ0v) is 9.20. The van der Waals surface area contributed by atoms with E-state index in [4.69, 9.17) is 11.0 Å². The Bertz CT molecular complexity index is 259. The average molecular weight is 209 g/mol. The molecule has 1 fully saturated rings. The number of hydrogen-bond acceptors (Lipinski definition) is 3. The standard InChI is InChI=1S/C11H19N3O/c1-8(6-7-12)14-11(15)9-4-2-3-5-10(9)13/h8-10H,2-6,13H2,1H3,(H,14,15). The lowest BCUT2D eigenvalue weighted by Gasteiger charge is -2.28. The maximum atomic E-state index is 11.8. The van der Waals surface area contributed by atoms with Crippen molar-refractivity contribution in [3.8, 4) is 6.07 Å². The minimum Gasteiger partial charge on any atom is -0.352 e. The van der Waals surface area contributed by atoms with Crippen molar-refractivity contribution in [3.63, 3.8) is 0 Å². The Morgan fingerprint density at radius 2 is 2.27 bits per heavy atom. The van der Waals surface area contributed by atoms with Crippen molar-refractivity contribution in [2.24, 2.45) is 11.7 Å². The number of carbonyl (C=O) groups excluding carboxylic acids is 1. The van der Waals surface area contributed by atoms with Crippen LogP contribution in [0.4, 0.5) is 0 Å². The molecule has 0 bridgehead atoms. The van der Waals surface area contributed by atoms with Gasteiger partial charge in [-0.3, -0.25) is 4.79 Å². The van der Waals surface area contributed by atoms with Crippen LogP contribution in [-0.4, -0.2) is 18.0 Å². The van der Waals surface area contributed by atoms with Gasteiger partial charge < -0.3 is 11.1 Å². The summed E-state index contributed by atoms with van der Waals surface area (Å²) in [6.45, 7) is 1.84. The Morgan fingerprint density at radius 3 is 2.87 bits per heavy atom. The highest BCUT2D eigenvalue weighted by Gasteiger charge is 2.28. The molecule has 1 saturated carbocycles. The quantitative estimate of drug-likeness (QED) is 0.725. The van der Waals surface area contributed by atoms with E-state index in [1.165, 1.54) is 0 Å². The number of hydrogen-bond donors (Lipinski definition) is 2. The van der Waals surface area contributed by atoms with Crippen molar-refractivity contribution < 1.29 is 4.79 Å². The topological polar surface area (TPSA) is 78.9 Å². The fraction of sp³-hybridized carbons (Fsp3) is 0.818. The van der Waals surface area contributed by atoms with Gasteiger partial charge in [0.05, 0.1) is 18.4 Å². The van der Waals surface area contributed by atoms with Gasteiger partial charge in [-0.25, -0.2) is 0 Å². The molecule has 1 rings (SSSR count). The number of nitrogens with one attached hydrogen (secondary N) is 1. The SMILES string of the molecule is CC(CC#N)NC(=O)C1CCCCC1N. The molecule has 84 valence electrons. The zero-order chi connectivity index (χ0) is 11.3. The molecule has 4 nitrogen and oxygen atoms in total. The van der Waals surface area contributed by atoms with E-state index < -0.39 is 0 Å². The van der Waals surface area contributed by atoms with Crippen molar-refractivity contribution in [1.29, 1.82) is 5.26 Å². The summed E-state index contributed by atoms with van der Waals surface area (Å²) in [6.07, 6.45) is 4.38. The molecule has 4 heteroatoms. The second kappa shape index (κ2) is 5.72. The molecular formula is C11H19N3O. The minimum absolute atomic E-state index is 0.00645. The van der Waals surface area contributed by atoms with Gasteiger partial charge in [-0.2, -0.15) is 5.26 Å². The number of carbonyl (C=O) groups is 1. The normalized spacial score (nSPS) is 27.8. The predicted octanol–water partition coefficient (Wildman–Crippen LogP) is 0.922. The second-order valence-electron chi connectivity index (χ2n) is 4.33. The number of amides is 1. The molecular weight excluding hydrogens is 190 g/mol. The van der Waals surface area contributed by atoms with Gasteiger partial charge in [0.2, 0.25) is 5.91 Å². The van der Waals surface area contributed by atoms with Gasteiger partial charge in [-0.05, 0) is 19.8 Å². The van der Waals surface area contributed by atoms with Crippen LogP contribution < -0.4 is 11.1 Å². The Morgan fingerprint density at radius 1 is 1.60 bits per heavy atom.